The van der Waals surface area contributed by atoms with Crippen LogP contribution < -0.4 is 19.9 Å². The number of carbonyl (C=O) groups excluding carboxylic acids is 1. The number of aromatic nitrogens is 1. The molecule has 0 unspecified atom stereocenters. The molecule has 6 heteroatoms. The van der Waals surface area contributed by atoms with Gasteiger partial charge in [0, 0.05) is 23.0 Å². The molecule has 3 rings (SSSR count). The summed E-state index contributed by atoms with van der Waals surface area (Å²) in [5.41, 5.74) is 5.91. The molecule has 0 saturated carbocycles. The first-order chi connectivity index (χ1) is 20.2. The number of thiazole rings is 1. The Morgan fingerprint density at radius 3 is 1.95 bits per heavy atom. The fourth-order valence-electron chi connectivity index (χ4n) is 5.19. The van der Waals surface area contributed by atoms with Gasteiger partial charge in [0.25, 0.3) is 0 Å². The number of carbonyl (C=O) groups is 1. The molecule has 0 radical (unpaired) electrons. The summed E-state index contributed by atoms with van der Waals surface area (Å²) in [6.07, 6.45) is 18.1. The average molecular weight is 593 g/mol. The minimum atomic E-state index is -0.263. The molecule has 1 heterocycles. The monoisotopic (exact) mass is 592 g/mol. The van der Waals surface area contributed by atoms with Gasteiger partial charge in [0.2, 0.25) is 5.51 Å². The highest BCUT2D eigenvalue weighted by Crippen LogP contribution is 2.34. The van der Waals surface area contributed by atoms with Crippen molar-refractivity contribution < 1.29 is 14.1 Å². The maximum atomic E-state index is 12.8. The Morgan fingerprint density at radius 2 is 1.38 bits per heavy atom. The summed E-state index contributed by atoms with van der Waals surface area (Å²) >= 11 is 1.74. The van der Waals surface area contributed by atoms with Gasteiger partial charge < -0.3 is 15.4 Å². The van der Waals surface area contributed by atoms with Gasteiger partial charge in [-0.05, 0) is 42.5 Å². The number of unbranched alkanes of at least 4 members (excludes halogenated alkanes) is 11. The van der Waals surface area contributed by atoms with Gasteiger partial charge in [0.05, 0.1) is 11.5 Å². The van der Waals surface area contributed by atoms with E-state index in [0.717, 1.165) is 35.7 Å². The van der Waals surface area contributed by atoms with E-state index in [-0.39, 0.29) is 11.4 Å². The highest BCUT2D eigenvalue weighted by Gasteiger charge is 2.20. The third-order valence-corrected chi connectivity index (χ3v) is 8.45. The lowest BCUT2D eigenvalue weighted by Crippen LogP contribution is -2.30. The first-order valence-electron chi connectivity index (χ1n) is 16.1. The summed E-state index contributed by atoms with van der Waals surface area (Å²) in [5, 5.41) is 5.93. The number of ether oxygens (including phenoxy) is 1. The van der Waals surface area contributed by atoms with E-state index in [1.54, 1.807) is 11.3 Å². The van der Waals surface area contributed by atoms with Gasteiger partial charge in [0.15, 0.2) is 12.7 Å². The molecular formula is C36H54N3O2S+. The lowest BCUT2D eigenvalue weighted by atomic mass is 9.86. The van der Waals surface area contributed by atoms with Crippen molar-refractivity contribution in [3.8, 4) is 5.75 Å². The molecule has 2 N–H and O–H groups in total. The predicted molar refractivity (Wildman–Crippen MR) is 179 cm³/mol. The fourth-order valence-corrected chi connectivity index (χ4v) is 5.82. The number of rotatable bonds is 18. The van der Waals surface area contributed by atoms with Crippen molar-refractivity contribution in [2.75, 3.05) is 17.2 Å². The number of nitrogens with one attached hydrogen (secondary N) is 2. The van der Waals surface area contributed by atoms with E-state index in [4.69, 9.17) is 4.74 Å². The zero-order valence-electron chi connectivity index (χ0n) is 26.8. The van der Waals surface area contributed by atoms with E-state index in [0.29, 0.717) is 6.61 Å². The van der Waals surface area contributed by atoms with Gasteiger partial charge in [-0.1, -0.05) is 128 Å². The molecule has 5 nitrogen and oxygen atoms in total. The number of urea groups is 1. The van der Waals surface area contributed by atoms with Crippen molar-refractivity contribution in [3.05, 3.63) is 70.2 Å². The molecule has 0 fully saturated rings. The summed E-state index contributed by atoms with van der Waals surface area (Å²) < 4.78 is 8.46. The Morgan fingerprint density at radius 1 is 0.810 bits per heavy atom. The quantitative estimate of drug-likeness (QED) is 0.114. The average Bonchev–Trinajstić information content (AvgIpc) is 3.36. The van der Waals surface area contributed by atoms with E-state index in [2.05, 4.69) is 79.7 Å². The van der Waals surface area contributed by atoms with Crippen molar-refractivity contribution in [2.24, 2.45) is 0 Å². The molecule has 0 saturated heterocycles. The Balaban J connectivity index is 1.41. The molecule has 0 aliphatic rings. The van der Waals surface area contributed by atoms with Gasteiger partial charge in [0.1, 0.15) is 5.75 Å². The third-order valence-electron chi connectivity index (χ3n) is 7.60. The number of hydrogen-bond donors (Lipinski definition) is 2. The van der Waals surface area contributed by atoms with E-state index in [9.17, 15) is 4.79 Å². The minimum absolute atomic E-state index is 0.0472. The normalized spacial score (nSPS) is 11.5. The Kier molecular flexibility index (Phi) is 14.4. The fraction of sp³-hybridized carbons (Fsp3) is 0.556. The zero-order chi connectivity index (χ0) is 30.2. The van der Waals surface area contributed by atoms with Crippen molar-refractivity contribution in [3.63, 3.8) is 0 Å². The van der Waals surface area contributed by atoms with Gasteiger partial charge in [-0.2, -0.15) is 4.57 Å². The number of nitrogens with zero attached hydrogens (tertiary/aromatic N) is 1. The van der Waals surface area contributed by atoms with Crippen LogP contribution in [0.5, 0.6) is 5.75 Å². The van der Waals surface area contributed by atoms with Crippen molar-refractivity contribution in [2.45, 2.75) is 124 Å². The van der Waals surface area contributed by atoms with Gasteiger partial charge in [-0.15, -0.1) is 0 Å². The second kappa shape index (κ2) is 17.9. The molecule has 0 aliphatic carbocycles. The standard InChI is InChI=1S/C36H53N3O2S/c1-6-7-8-9-10-11-12-13-14-15-16-17-24-41-34-25-32(22-23-33(34)36(3,4)5)38-35(40)37-31-20-18-30(19-21-31)27-39-26-29(2)42-28-39/h18-23,25-26,28H,6-17,24,27H2,1-5H3,(H-,37,38,40)/p+1. The molecule has 3 aromatic rings. The van der Waals surface area contributed by atoms with Gasteiger partial charge in [-0.3, -0.25) is 0 Å². The van der Waals surface area contributed by atoms with E-state index in [1.165, 1.54) is 81.1 Å². The number of hydrogen-bond acceptors (Lipinski definition) is 3. The zero-order valence-corrected chi connectivity index (χ0v) is 27.6. The van der Waals surface area contributed by atoms with Crippen LogP contribution in [0.3, 0.4) is 0 Å². The predicted octanol–water partition coefficient (Wildman–Crippen LogP) is 10.4. The SMILES string of the molecule is CCCCCCCCCCCCCCOc1cc(NC(=O)Nc2ccc(C[n+]3csc(C)c3)cc2)ccc1C(C)(C)C. The van der Waals surface area contributed by atoms with Crippen LogP contribution in [0.15, 0.2) is 54.2 Å². The lowest BCUT2D eigenvalue weighted by Gasteiger charge is -2.23. The van der Waals surface area contributed by atoms with Gasteiger partial charge >= 0.3 is 6.03 Å². The molecule has 0 aliphatic heterocycles. The van der Waals surface area contributed by atoms with Crippen molar-refractivity contribution >= 4 is 28.7 Å². The second-order valence-electron chi connectivity index (χ2n) is 12.6. The van der Waals surface area contributed by atoms with Gasteiger partial charge in [-0.25, -0.2) is 4.79 Å². The second-order valence-corrected chi connectivity index (χ2v) is 13.7. The molecule has 2 amide bonds. The molecule has 0 atom stereocenters. The summed E-state index contributed by atoms with van der Waals surface area (Å²) in [5.74, 6) is 0.855. The van der Waals surface area contributed by atoms with Crippen LogP contribution in [0.2, 0.25) is 0 Å². The first kappa shape index (κ1) is 33.6. The van der Waals surface area contributed by atoms with Crippen LogP contribution in [0.25, 0.3) is 0 Å². The van der Waals surface area contributed by atoms with Crippen LogP contribution in [-0.4, -0.2) is 12.6 Å². The largest absolute Gasteiger partial charge is 0.493 e. The summed E-state index contributed by atoms with van der Waals surface area (Å²) in [4.78, 5) is 14.1. The maximum Gasteiger partial charge on any atom is 0.323 e. The number of anilines is 2. The van der Waals surface area contributed by atoms with Crippen molar-refractivity contribution in [1.82, 2.24) is 0 Å². The van der Waals surface area contributed by atoms with Crippen LogP contribution in [0.1, 0.15) is 121 Å². The van der Waals surface area contributed by atoms with E-state index in [1.807, 2.05) is 24.3 Å². The summed E-state index contributed by atoms with van der Waals surface area (Å²) in [6, 6.07) is 13.7. The number of amides is 2. The third kappa shape index (κ3) is 12.6. The highest BCUT2D eigenvalue weighted by molar-refractivity contribution is 7.09. The number of benzene rings is 2. The number of aryl methyl sites for hydroxylation is 1. The maximum absolute atomic E-state index is 12.8. The van der Waals surface area contributed by atoms with Crippen LogP contribution in [0, 0.1) is 6.92 Å². The minimum Gasteiger partial charge on any atom is -0.493 e. The van der Waals surface area contributed by atoms with E-state index < -0.39 is 0 Å². The van der Waals surface area contributed by atoms with Crippen LogP contribution in [0.4, 0.5) is 16.2 Å². The molecule has 42 heavy (non-hydrogen) atoms. The van der Waals surface area contributed by atoms with Crippen molar-refractivity contribution in [1.29, 1.82) is 0 Å². The first-order valence-corrected chi connectivity index (χ1v) is 17.0. The highest BCUT2D eigenvalue weighted by atomic mass is 32.1. The molecular weight excluding hydrogens is 538 g/mol. The topological polar surface area (TPSA) is 54.2 Å². The van der Waals surface area contributed by atoms with Crippen LogP contribution in [-0.2, 0) is 12.0 Å². The molecule has 2 aromatic carbocycles. The Labute approximate surface area is 259 Å². The Bertz CT molecular complexity index is 1200. The molecule has 0 bridgehead atoms. The summed E-state index contributed by atoms with van der Waals surface area (Å²) in [7, 11) is 0. The summed E-state index contributed by atoms with van der Waals surface area (Å²) in [6.45, 7) is 12.5. The van der Waals surface area contributed by atoms with Crippen LogP contribution >= 0.6 is 11.3 Å². The molecule has 0 spiro atoms. The molecule has 230 valence electrons. The Hall–Kier alpha value is -2.86. The smallest absolute Gasteiger partial charge is 0.323 e. The molecule has 1 aromatic heterocycles. The van der Waals surface area contributed by atoms with E-state index >= 15 is 0 Å². The lowest BCUT2D eigenvalue weighted by molar-refractivity contribution is -0.683.